The van der Waals surface area contributed by atoms with Gasteiger partial charge in [-0.1, -0.05) is 77.1 Å². The Balaban J connectivity index is -0.000000205. The van der Waals surface area contributed by atoms with Crippen LogP contribution < -0.4 is 0 Å². The van der Waals surface area contributed by atoms with Crippen LogP contribution in [0.15, 0.2) is 54.9 Å². The summed E-state index contributed by atoms with van der Waals surface area (Å²) in [5, 5.41) is 0. The topological polar surface area (TPSA) is 12.9 Å². The molecule has 0 saturated carbocycles. The molecule has 0 amide bonds. The van der Waals surface area contributed by atoms with Gasteiger partial charge >= 0.3 is 0 Å². The van der Waals surface area contributed by atoms with E-state index < -0.39 is 0 Å². The largest absolute Gasteiger partial charge is 0.264 e. The molecule has 0 aliphatic rings. The molecule has 1 aromatic heterocycles. The number of nitrogens with zero attached hydrogens (tertiary/aromatic N) is 1. The van der Waals surface area contributed by atoms with Crippen LogP contribution in [0, 0.1) is 13.8 Å². The molecule has 0 aliphatic heterocycles. The minimum Gasteiger partial charge on any atom is -0.264 e. The Labute approximate surface area is 120 Å². The average Bonchev–Trinajstić information content (AvgIpc) is 2.46. The van der Waals surface area contributed by atoms with E-state index in [1.807, 2.05) is 71.1 Å². The van der Waals surface area contributed by atoms with Gasteiger partial charge in [0.25, 0.3) is 0 Å². The molecule has 0 spiro atoms. The lowest BCUT2D eigenvalue weighted by atomic mass is 10.2. The van der Waals surface area contributed by atoms with Gasteiger partial charge in [0.05, 0.1) is 0 Å². The molecule has 1 heterocycles. The van der Waals surface area contributed by atoms with Gasteiger partial charge in [-0.05, 0) is 25.5 Å². The Morgan fingerprint density at radius 1 is 0.684 bits per heavy atom. The normalized spacial score (nSPS) is 7.05. The van der Waals surface area contributed by atoms with E-state index in [0.29, 0.717) is 0 Å². The van der Waals surface area contributed by atoms with Crippen LogP contribution in [-0.4, -0.2) is 4.98 Å². The molecule has 0 N–H and O–H groups in total. The first-order valence-corrected chi connectivity index (χ1v) is 6.67. The molecule has 1 heteroatoms. The lowest BCUT2D eigenvalue weighted by Crippen LogP contribution is -1.69. The van der Waals surface area contributed by atoms with Gasteiger partial charge in [0.15, 0.2) is 0 Å². The van der Waals surface area contributed by atoms with Crippen molar-refractivity contribution in [3.63, 3.8) is 0 Å². The SMILES string of the molecule is C.CC.CC.Cc1ccccc1.Cc1cccnc1. The van der Waals surface area contributed by atoms with Crippen molar-refractivity contribution in [2.45, 2.75) is 49.0 Å². The highest BCUT2D eigenvalue weighted by Crippen LogP contribution is 1.92. The van der Waals surface area contributed by atoms with Crippen molar-refractivity contribution in [3.05, 3.63) is 66.0 Å². The van der Waals surface area contributed by atoms with Crippen molar-refractivity contribution in [2.24, 2.45) is 0 Å². The molecule has 0 saturated heterocycles. The summed E-state index contributed by atoms with van der Waals surface area (Å²) in [6, 6.07) is 14.2. The molecule has 0 fully saturated rings. The van der Waals surface area contributed by atoms with E-state index in [0.717, 1.165) is 0 Å². The number of pyridine rings is 1. The fraction of sp³-hybridized carbons (Fsp3) is 0.389. The molecule has 108 valence electrons. The number of benzene rings is 1. The van der Waals surface area contributed by atoms with Crippen molar-refractivity contribution in [1.82, 2.24) is 4.98 Å². The van der Waals surface area contributed by atoms with E-state index >= 15 is 0 Å². The van der Waals surface area contributed by atoms with Crippen LogP contribution in [0.4, 0.5) is 0 Å². The standard InChI is InChI=1S/C7H8.C6H7N.2C2H6.CH4/c1-7-5-3-2-4-6-7;1-6-3-2-4-7-5-6;2*1-2;/h2-6H,1H3;2-5H,1H3;2*1-2H3;1H4. The van der Waals surface area contributed by atoms with Crippen LogP contribution in [0.5, 0.6) is 0 Å². The molecule has 0 atom stereocenters. The number of rotatable bonds is 0. The first-order valence-electron chi connectivity index (χ1n) is 6.67. The Kier molecular flexibility index (Phi) is 22.2. The molecule has 0 unspecified atom stereocenters. The van der Waals surface area contributed by atoms with Crippen LogP contribution >= 0.6 is 0 Å². The van der Waals surface area contributed by atoms with Crippen LogP contribution in [0.2, 0.25) is 0 Å². The van der Waals surface area contributed by atoms with Gasteiger partial charge < -0.3 is 0 Å². The van der Waals surface area contributed by atoms with Crippen LogP contribution in [0.1, 0.15) is 46.2 Å². The molecule has 0 aliphatic carbocycles. The first-order chi connectivity index (χ1) is 8.79. The molecule has 19 heavy (non-hydrogen) atoms. The van der Waals surface area contributed by atoms with Gasteiger partial charge in [0.2, 0.25) is 0 Å². The van der Waals surface area contributed by atoms with Crippen LogP contribution in [-0.2, 0) is 0 Å². The first kappa shape index (κ1) is 22.5. The zero-order valence-corrected chi connectivity index (χ0v) is 12.6. The van der Waals surface area contributed by atoms with Crippen molar-refractivity contribution in [3.8, 4) is 0 Å². The lowest BCUT2D eigenvalue weighted by Gasteiger charge is -1.82. The molecule has 0 bridgehead atoms. The Morgan fingerprint density at radius 2 is 1.16 bits per heavy atom. The summed E-state index contributed by atoms with van der Waals surface area (Å²) < 4.78 is 0. The zero-order chi connectivity index (χ0) is 14.2. The highest BCUT2D eigenvalue weighted by molar-refractivity contribution is 5.11. The molecule has 2 aromatic rings. The second kappa shape index (κ2) is 18.7. The van der Waals surface area contributed by atoms with Gasteiger partial charge in [0.1, 0.15) is 0 Å². The van der Waals surface area contributed by atoms with E-state index in [9.17, 15) is 0 Å². The van der Waals surface area contributed by atoms with Crippen molar-refractivity contribution >= 4 is 0 Å². The third-order valence-electron chi connectivity index (χ3n) is 1.75. The molecule has 1 nitrogen and oxygen atoms in total. The van der Waals surface area contributed by atoms with E-state index in [2.05, 4.69) is 24.0 Å². The van der Waals surface area contributed by atoms with E-state index in [4.69, 9.17) is 0 Å². The maximum Gasteiger partial charge on any atom is 0.0297 e. The number of aryl methyl sites for hydroxylation is 2. The number of hydrogen-bond donors (Lipinski definition) is 0. The fourth-order valence-electron chi connectivity index (χ4n) is 0.983. The van der Waals surface area contributed by atoms with E-state index in [-0.39, 0.29) is 7.43 Å². The van der Waals surface area contributed by atoms with E-state index in [1.165, 1.54) is 11.1 Å². The van der Waals surface area contributed by atoms with Crippen LogP contribution in [0.25, 0.3) is 0 Å². The Hall–Kier alpha value is -1.63. The molecule has 2 rings (SSSR count). The summed E-state index contributed by atoms with van der Waals surface area (Å²) in [7, 11) is 0. The molecule has 1 aromatic carbocycles. The predicted molar refractivity (Wildman–Crippen MR) is 89.6 cm³/mol. The monoisotopic (exact) mass is 261 g/mol. The third kappa shape index (κ3) is 16.4. The second-order valence-corrected chi connectivity index (χ2v) is 3.19. The zero-order valence-electron chi connectivity index (χ0n) is 12.6. The van der Waals surface area contributed by atoms with E-state index in [1.54, 1.807) is 6.20 Å². The molecule has 0 radical (unpaired) electrons. The summed E-state index contributed by atoms with van der Waals surface area (Å²) in [6.07, 6.45) is 3.60. The second-order valence-electron chi connectivity index (χ2n) is 3.19. The highest BCUT2D eigenvalue weighted by atomic mass is 14.6. The fourth-order valence-corrected chi connectivity index (χ4v) is 0.983. The van der Waals surface area contributed by atoms with Crippen molar-refractivity contribution < 1.29 is 0 Å². The number of hydrogen-bond acceptors (Lipinski definition) is 1. The maximum absolute atomic E-state index is 3.88. The quantitative estimate of drug-likeness (QED) is 0.560. The summed E-state index contributed by atoms with van der Waals surface area (Å²) in [5.74, 6) is 0. The predicted octanol–water partition coefficient (Wildman–Crippen LogP) is 6.07. The van der Waals surface area contributed by atoms with Crippen molar-refractivity contribution in [2.75, 3.05) is 0 Å². The summed E-state index contributed by atoms with van der Waals surface area (Å²) in [5.41, 5.74) is 2.53. The highest BCUT2D eigenvalue weighted by Gasteiger charge is 1.73. The molecular formula is C18H31N. The summed E-state index contributed by atoms with van der Waals surface area (Å²) >= 11 is 0. The third-order valence-corrected chi connectivity index (χ3v) is 1.75. The summed E-state index contributed by atoms with van der Waals surface area (Å²) in [6.45, 7) is 12.1. The van der Waals surface area contributed by atoms with Gasteiger partial charge in [-0.3, -0.25) is 4.98 Å². The molecular weight excluding hydrogens is 230 g/mol. The Morgan fingerprint density at radius 3 is 1.37 bits per heavy atom. The van der Waals surface area contributed by atoms with Gasteiger partial charge in [-0.2, -0.15) is 0 Å². The average molecular weight is 261 g/mol. The van der Waals surface area contributed by atoms with Crippen molar-refractivity contribution in [1.29, 1.82) is 0 Å². The smallest absolute Gasteiger partial charge is 0.0297 e. The lowest BCUT2D eigenvalue weighted by molar-refractivity contribution is 1.27. The summed E-state index contributed by atoms with van der Waals surface area (Å²) in [4.78, 5) is 3.88. The van der Waals surface area contributed by atoms with Gasteiger partial charge in [0, 0.05) is 12.4 Å². The van der Waals surface area contributed by atoms with Gasteiger partial charge in [-0.15, -0.1) is 0 Å². The Bertz CT molecular complexity index is 303. The number of aromatic nitrogens is 1. The minimum atomic E-state index is 0. The van der Waals surface area contributed by atoms with Gasteiger partial charge in [-0.25, -0.2) is 0 Å². The van der Waals surface area contributed by atoms with Crippen LogP contribution in [0.3, 0.4) is 0 Å². The maximum atomic E-state index is 3.88. The minimum absolute atomic E-state index is 0.